The first-order valence-corrected chi connectivity index (χ1v) is 6.45. The first-order chi connectivity index (χ1) is 10.0. The van der Waals surface area contributed by atoms with Crippen LogP contribution in [0.5, 0.6) is 0 Å². The summed E-state index contributed by atoms with van der Waals surface area (Å²) in [6, 6.07) is 7.18. The second kappa shape index (κ2) is 6.24. The molecule has 1 heterocycles. The number of aliphatic hydroxyl groups is 1. The maximum Gasteiger partial charge on any atom is 0.326 e. The van der Waals surface area contributed by atoms with Crippen LogP contribution >= 0.6 is 0 Å². The van der Waals surface area contributed by atoms with E-state index in [9.17, 15) is 14.7 Å². The topological polar surface area (TPSA) is 114 Å². The van der Waals surface area contributed by atoms with E-state index in [1.165, 1.54) is 0 Å². The van der Waals surface area contributed by atoms with Gasteiger partial charge in [-0.2, -0.15) is 5.26 Å². The van der Waals surface area contributed by atoms with E-state index in [0.717, 1.165) is 10.5 Å². The van der Waals surface area contributed by atoms with Gasteiger partial charge in [0, 0.05) is 19.5 Å². The fourth-order valence-corrected chi connectivity index (χ4v) is 2.25. The molecule has 7 nitrogen and oxygen atoms in total. The number of hydrogen-bond acceptors (Lipinski definition) is 4. The third-order valence-corrected chi connectivity index (χ3v) is 3.35. The van der Waals surface area contributed by atoms with Gasteiger partial charge in [0.2, 0.25) is 0 Å². The van der Waals surface area contributed by atoms with Crippen LogP contribution in [-0.4, -0.2) is 45.8 Å². The van der Waals surface area contributed by atoms with Crippen LogP contribution in [0.25, 0.3) is 0 Å². The van der Waals surface area contributed by atoms with Gasteiger partial charge in [-0.1, -0.05) is 12.1 Å². The number of likely N-dealkylation sites (tertiary alicyclic amines) is 1. The SMILES string of the molecule is N#Cc1ccc(CNC(=O)N2C[C@H](O)C[C@H]2C(=O)O)cc1. The molecule has 1 aromatic carbocycles. The summed E-state index contributed by atoms with van der Waals surface area (Å²) < 4.78 is 0. The number of aliphatic hydroxyl groups excluding tert-OH is 1. The number of nitrogens with zero attached hydrogens (tertiary/aromatic N) is 2. The molecule has 1 aromatic rings. The zero-order valence-electron chi connectivity index (χ0n) is 11.2. The van der Waals surface area contributed by atoms with E-state index in [0.29, 0.717) is 5.56 Å². The predicted octanol–water partition coefficient (Wildman–Crippen LogP) is 0.288. The zero-order valence-corrected chi connectivity index (χ0v) is 11.2. The summed E-state index contributed by atoms with van der Waals surface area (Å²) in [5.41, 5.74) is 1.33. The molecule has 21 heavy (non-hydrogen) atoms. The number of benzene rings is 1. The van der Waals surface area contributed by atoms with Gasteiger partial charge in [0.15, 0.2) is 0 Å². The molecule has 0 spiro atoms. The third kappa shape index (κ3) is 3.49. The van der Waals surface area contributed by atoms with Gasteiger partial charge >= 0.3 is 12.0 Å². The summed E-state index contributed by atoms with van der Waals surface area (Å²) in [5.74, 6) is -1.12. The predicted molar refractivity (Wildman–Crippen MR) is 72.1 cm³/mol. The van der Waals surface area contributed by atoms with Crippen LogP contribution in [0.4, 0.5) is 4.79 Å². The van der Waals surface area contributed by atoms with E-state index >= 15 is 0 Å². The van der Waals surface area contributed by atoms with Crippen molar-refractivity contribution in [1.82, 2.24) is 10.2 Å². The lowest BCUT2D eigenvalue weighted by molar-refractivity contribution is -0.141. The Bertz CT molecular complexity index is 579. The fraction of sp³-hybridized carbons (Fsp3) is 0.357. The Labute approximate surface area is 121 Å². The quantitative estimate of drug-likeness (QED) is 0.740. The van der Waals surface area contributed by atoms with Crippen LogP contribution in [0.15, 0.2) is 24.3 Å². The van der Waals surface area contributed by atoms with Gasteiger partial charge in [-0.05, 0) is 17.7 Å². The van der Waals surface area contributed by atoms with E-state index in [-0.39, 0.29) is 19.5 Å². The third-order valence-electron chi connectivity index (χ3n) is 3.35. The summed E-state index contributed by atoms with van der Waals surface area (Å²) in [6.07, 6.45) is -0.772. The van der Waals surface area contributed by atoms with Crippen molar-refractivity contribution in [3.05, 3.63) is 35.4 Å². The Morgan fingerprint density at radius 1 is 1.38 bits per heavy atom. The van der Waals surface area contributed by atoms with Crippen molar-refractivity contribution in [3.63, 3.8) is 0 Å². The standard InChI is InChI=1S/C14H15N3O4/c15-6-9-1-3-10(4-2-9)7-16-14(21)17-8-11(18)5-12(17)13(19)20/h1-4,11-12,18H,5,7-8H2,(H,16,21)(H,19,20)/t11-,12+/m1/s1. The van der Waals surface area contributed by atoms with Gasteiger partial charge in [-0.25, -0.2) is 9.59 Å². The van der Waals surface area contributed by atoms with E-state index in [4.69, 9.17) is 10.4 Å². The Morgan fingerprint density at radius 3 is 2.62 bits per heavy atom. The second-order valence-corrected chi connectivity index (χ2v) is 4.86. The molecule has 0 aromatic heterocycles. The molecule has 7 heteroatoms. The van der Waals surface area contributed by atoms with Crippen LogP contribution in [-0.2, 0) is 11.3 Å². The highest BCUT2D eigenvalue weighted by molar-refractivity contribution is 5.83. The molecule has 2 atom stereocenters. The molecule has 1 fully saturated rings. The number of hydrogen-bond donors (Lipinski definition) is 3. The smallest absolute Gasteiger partial charge is 0.326 e. The van der Waals surface area contributed by atoms with Crippen molar-refractivity contribution in [2.24, 2.45) is 0 Å². The largest absolute Gasteiger partial charge is 0.480 e. The maximum absolute atomic E-state index is 12.0. The lowest BCUT2D eigenvalue weighted by atomic mass is 10.1. The Kier molecular flexibility index (Phi) is 4.40. The summed E-state index contributed by atoms with van der Waals surface area (Å²) in [5, 5.41) is 29.8. The number of rotatable bonds is 3. The number of aliphatic carboxylic acids is 1. The van der Waals surface area contributed by atoms with Gasteiger partial charge in [0.25, 0.3) is 0 Å². The molecule has 1 aliphatic rings. The average molecular weight is 289 g/mol. The van der Waals surface area contributed by atoms with E-state index in [1.807, 2.05) is 6.07 Å². The molecule has 0 saturated carbocycles. The normalized spacial score (nSPS) is 20.9. The summed E-state index contributed by atoms with van der Waals surface area (Å²) >= 11 is 0. The molecule has 0 aliphatic carbocycles. The number of nitrogens with one attached hydrogen (secondary N) is 1. The van der Waals surface area contributed by atoms with Crippen LogP contribution in [0, 0.1) is 11.3 Å². The Morgan fingerprint density at radius 2 is 2.05 bits per heavy atom. The van der Waals surface area contributed by atoms with Crippen molar-refractivity contribution >= 4 is 12.0 Å². The molecular weight excluding hydrogens is 274 g/mol. The minimum atomic E-state index is -1.12. The minimum absolute atomic E-state index is 0.0101. The highest BCUT2D eigenvalue weighted by atomic mass is 16.4. The Hall–Kier alpha value is -2.59. The molecule has 0 radical (unpaired) electrons. The van der Waals surface area contributed by atoms with Crippen molar-refractivity contribution < 1.29 is 19.8 Å². The first kappa shape index (κ1) is 14.8. The highest BCUT2D eigenvalue weighted by Gasteiger charge is 2.38. The summed E-state index contributed by atoms with van der Waals surface area (Å²) in [6.45, 7) is 0.236. The fourth-order valence-electron chi connectivity index (χ4n) is 2.25. The van der Waals surface area contributed by atoms with Crippen molar-refractivity contribution in [2.45, 2.75) is 25.1 Å². The Balaban J connectivity index is 1.94. The average Bonchev–Trinajstić information content (AvgIpc) is 2.87. The second-order valence-electron chi connectivity index (χ2n) is 4.86. The number of carboxylic acids is 1. The van der Waals surface area contributed by atoms with Crippen LogP contribution in [0.2, 0.25) is 0 Å². The molecule has 110 valence electrons. The van der Waals surface area contributed by atoms with Gasteiger partial charge in [0.05, 0.1) is 17.7 Å². The zero-order chi connectivity index (χ0) is 15.4. The van der Waals surface area contributed by atoms with Gasteiger partial charge < -0.3 is 20.4 Å². The molecule has 0 unspecified atom stereocenters. The number of amides is 2. The minimum Gasteiger partial charge on any atom is -0.480 e. The number of urea groups is 1. The molecule has 3 N–H and O–H groups in total. The number of carbonyl (C=O) groups is 2. The van der Waals surface area contributed by atoms with Gasteiger partial charge in [-0.3, -0.25) is 0 Å². The van der Waals surface area contributed by atoms with E-state index in [2.05, 4.69) is 5.32 Å². The number of carbonyl (C=O) groups excluding carboxylic acids is 1. The van der Waals surface area contributed by atoms with E-state index in [1.54, 1.807) is 24.3 Å². The number of β-amino-alcohol motifs (C(OH)–C–C–N with tert-alkyl or cyclic N) is 1. The summed E-state index contributed by atoms with van der Waals surface area (Å²) in [7, 11) is 0. The molecular formula is C14H15N3O4. The van der Waals surface area contributed by atoms with Gasteiger partial charge in [0.1, 0.15) is 6.04 Å². The molecule has 2 rings (SSSR count). The van der Waals surface area contributed by atoms with Crippen molar-refractivity contribution in [2.75, 3.05) is 6.54 Å². The first-order valence-electron chi connectivity index (χ1n) is 6.45. The number of carboxylic acid groups (broad SMARTS) is 1. The number of nitriles is 1. The molecule has 1 saturated heterocycles. The van der Waals surface area contributed by atoms with Gasteiger partial charge in [-0.15, -0.1) is 0 Å². The van der Waals surface area contributed by atoms with Crippen LogP contribution in [0.3, 0.4) is 0 Å². The summed E-state index contributed by atoms with van der Waals surface area (Å²) in [4.78, 5) is 24.2. The highest BCUT2D eigenvalue weighted by Crippen LogP contribution is 2.18. The molecule has 0 bridgehead atoms. The van der Waals surface area contributed by atoms with Crippen molar-refractivity contribution in [1.29, 1.82) is 5.26 Å². The molecule has 1 aliphatic heterocycles. The lowest BCUT2D eigenvalue weighted by Gasteiger charge is -2.21. The lowest BCUT2D eigenvalue weighted by Crippen LogP contribution is -2.45. The van der Waals surface area contributed by atoms with Crippen molar-refractivity contribution in [3.8, 4) is 6.07 Å². The van der Waals surface area contributed by atoms with E-state index < -0.39 is 24.1 Å². The van der Waals surface area contributed by atoms with Crippen LogP contribution in [0.1, 0.15) is 17.5 Å². The maximum atomic E-state index is 12.0. The monoisotopic (exact) mass is 289 g/mol. The van der Waals surface area contributed by atoms with Crippen LogP contribution < -0.4 is 5.32 Å². The molecule has 2 amide bonds.